The van der Waals surface area contributed by atoms with Crippen LogP contribution in [-0.4, -0.2) is 23.1 Å². The molecule has 142 valence electrons. The van der Waals surface area contributed by atoms with Gasteiger partial charge in [-0.3, -0.25) is 4.79 Å². The number of aromatic nitrogens is 1. The molecule has 28 heavy (non-hydrogen) atoms. The summed E-state index contributed by atoms with van der Waals surface area (Å²) < 4.78 is 5.25. The molecule has 4 rings (SSSR count). The van der Waals surface area contributed by atoms with Gasteiger partial charge in [-0.1, -0.05) is 35.0 Å². The molecule has 2 aromatic carbocycles. The van der Waals surface area contributed by atoms with Gasteiger partial charge >= 0.3 is 6.03 Å². The first-order chi connectivity index (χ1) is 13.6. The number of nitrogens with zero attached hydrogens (tertiary/aromatic N) is 1. The Balaban J connectivity index is 1.42. The summed E-state index contributed by atoms with van der Waals surface area (Å²) in [6.45, 7) is 0. The molecule has 1 fully saturated rings. The number of carbonyl (C=O) groups is 2. The normalized spacial score (nSPS) is 13.0. The highest BCUT2D eigenvalue weighted by molar-refractivity contribution is 6.30. The van der Waals surface area contributed by atoms with Crippen molar-refractivity contribution in [3.63, 3.8) is 0 Å². The third-order valence-electron chi connectivity index (χ3n) is 4.14. The summed E-state index contributed by atoms with van der Waals surface area (Å²) in [5.41, 5.74) is 1.98. The summed E-state index contributed by atoms with van der Waals surface area (Å²) in [6, 6.07) is 15.5. The molecule has 3 N–H and O–H groups in total. The summed E-state index contributed by atoms with van der Waals surface area (Å²) in [5, 5.41) is 12.7. The Bertz CT molecular complexity index is 1030. The van der Waals surface area contributed by atoms with Gasteiger partial charge in [-0.05, 0) is 43.2 Å². The number of amides is 3. The maximum Gasteiger partial charge on any atom is 0.319 e. The first kappa shape index (κ1) is 18.1. The van der Waals surface area contributed by atoms with Crippen LogP contribution in [0.5, 0.6) is 0 Å². The quantitative estimate of drug-likeness (QED) is 0.590. The zero-order valence-corrected chi connectivity index (χ0v) is 15.5. The van der Waals surface area contributed by atoms with E-state index in [-0.39, 0.29) is 17.8 Å². The SMILES string of the molecule is O=C(Nc1cccc(NC(=O)c2cc(-c3cccc(Cl)c3)on2)c1)NC1CC1. The van der Waals surface area contributed by atoms with Crippen molar-refractivity contribution in [1.29, 1.82) is 0 Å². The fourth-order valence-corrected chi connectivity index (χ4v) is 2.80. The lowest BCUT2D eigenvalue weighted by Gasteiger charge is -2.08. The maximum absolute atomic E-state index is 12.5. The van der Waals surface area contributed by atoms with E-state index in [0.717, 1.165) is 18.4 Å². The van der Waals surface area contributed by atoms with E-state index in [9.17, 15) is 9.59 Å². The number of anilines is 2. The lowest BCUT2D eigenvalue weighted by atomic mass is 10.1. The van der Waals surface area contributed by atoms with Crippen LogP contribution in [0.2, 0.25) is 5.02 Å². The third-order valence-corrected chi connectivity index (χ3v) is 4.38. The van der Waals surface area contributed by atoms with Gasteiger partial charge in [-0.2, -0.15) is 0 Å². The highest BCUT2D eigenvalue weighted by atomic mass is 35.5. The number of hydrogen-bond acceptors (Lipinski definition) is 4. The molecule has 0 spiro atoms. The van der Waals surface area contributed by atoms with Gasteiger partial charge in [0.15, 0.2) is 11.5 Å². The summed E-state index contributed by atoms with van der Waals surface area (Å²) in [7, 11) is 0. The van der Waals surface area contributed by atoms with E-state index in [1.54, 1.807) is 48.5 Å². The van der Waals surface area contributed by atoms with Crippen LogP contribution in [0.25, 0.3) is 11.3 Å². The molecule has 1 saturated carbocycles. The van der Waals surface area contributed by atoms with Crippen molar-refractivity contribution in [3.05, 3.63) is 65.3 Å². The summed E-state index contributed by atoms with van der Waals surface area (Å²) in [6.07, 6.45) is 2.02. The standard InChI is InChI=1S/C20H17ClN4O3/c21-13-4-1-3-12(9-13)18-11-17(25-28-18)19(26)22-15-5-2-6-16(10-15)24-20(27)23-14-7-8-14/h1-6,9-11,14H,7-8H2,(H,22,26)(H2,23,24,27). The molecule has 1 heterocycles. The average Bonchev–Trinajstić information content (AvgIpc) is 3.33. The summed E-state index contributed by atoms with van der Waals surface area (Å²) in [5.74, 6) is 0.0245. The lowest BCUT2D eigenvalue weighted by Crippen LogP contribution is -2.30. The predicted octanol–water partition coefficient (Wildman–Crippen LogP) is 4.53. The fraction of sp³-hybridized carbons (Fsp3) is 0.150. The second kappa shape index (κ2) is 7.74. The Labute approximate surface area is 166 Å². The Morgan fingerprint density at radius 3 is 2.50 bits per heavy atom. The van der Waals surface area contributed by atoms with Crippen molar-refractivity contribution in [3.8, 4) is 11.3 Å². The van der Waals surface area contributed by atoms with Crippen molar-refractivity contribution >= 4 is 34.9 Å². The number of carbonyl (C=O) groups excluding carboxylic acids is 2. The third kappa shape index (κ3) is 4.50. The number of halogens is 1. The van der Waals surface area contributed by atoms with Crippen molar-refractivity contribution < 1.29 is 14.1 Å². The van der Waals surface area contributed by atoms with Crippen LogP contribution in [-0.2, 0) is 0 Å². The molecule has 0 aliphatic heterocycles. The van der Waals surface area contributed by atoms with Gasteiger partial charge in [0.05, 0.1) is 0 Å². The maximum atomic E-state index is 12.5. The van der Waals surface area contributed by atoms with Crippen LogP contribution in [0.15, 0.2) is 59.1 Å². The van der Waals surface area contributed by atoms with E-state index in [1.807, 2.05) is 6.07 Å². The first-order valence-electron chi connectivity index (χ1n) is 8.78. The largest absolute Gasteiger partial charge is 0.355 e. The molecular formula is C20H17ClN4O3. The minimum absolute atomic E-state index is 0.139. The molecular weight excluding hydrogens is 380 g/mol. The first-order valence-corrected chi connectivity index (χ1v) is 9.16. The number of rotatable bonds is 5. The van der Waals surface area contributed by atoms with Crippen LogP contribution >= 0.6 is 11.6 Å². The highest BCUT2D eigenvalue weighted by Crippen LogP contribution is 2.24. The summed E-state index contributed by atoms with van der Waals surface area (Å²) in [4.78, 5) is 24.3. The second-order valence-electron chi connectivity index (χ2n) is 6.49. The second-order valence-corrected chi connectivity index (χ2v) is 6.93. The lowest BCUT2D eigenvalue weighted by molar-refractivity contribution is 0.101. The molecule has 0 saturated heterocycles. The van der Waals surface area contributed by atoms with Crippen LogP contribution < -0.4 is 16.0 Å². The van der Waals surface area contributed by atoms with E-state index in [2.05, 4.69) is 21.1 Å². The van der Waals surface area contributed by atoms with Crippen molar-refractivity contribution in [2.75, 3.05) is 10.6 Å². The van der Waals surface area contributed by atoms with Gasteiger partial charge in [-0.15, -0.1) is 0 Å². The van der Waals surface area contributed by atoms with Crippen molar-refractivity contribution in [2.24, 2.45) is 0 Å². The zero-order valence-electron chi connectivity index (χ0n) is 14.7. The van der Waals surface area contributed by atoms with Crippen molar-refractivity contribution in [1.82, 2.24) is 10.5 Å². The van der Waals surface area contributed by atoms with E-state index >= 15 is 0 Å². The predicted molar refractivity (Wildman–Crippen MR) is 107 cm³/mol. The Morgan fingerprint density at radius 2 is 1.75 bits per heavy atom. The van der Waals surface area contributed by atoms with Crippen LogP contribution in [0.1, 0.15) is 23.3 Å². The van der Waals surface area contributed by atoms with Gasteiger partial charge in [0.2, 0.25) is 0 Å². The van der Waals surface area contributed by atoms with Gasteiger partial charge < -0.3 is 20.5 Å². The monoisotopic (exact) mass is 396 g/mol. The van der Waals surface area contributed by atoms with E-state index in [0.29, 0.717) is 22.2 Å². The molecule has 7 nitrogen and oxygen atoms in total. The smallest absolute Gasteiger partial charge is 0.319 e. The Morgan fingerprint density at radius 1 is 1.00 bits per heavy atom. The number of benzene rings is 2. The molecule has 0 unspecified atom stereocenters. The van der Waals surface area contributed by atoms with Crippen LogP contribution in [0, 0.1) is 0 Å². The number of hydrogen-bond donors (Lipinski definition) is 3. The van der Waals surface area contributed by atoms with E-state index in [4.69, 9.17) is 16.1 Å². The molecule has 3 amide bonds. The minimum Gasteiger partial charge on any atom is -0.355 e. The van der Waals surface area contributed by atoms with Gasteiger partial charge in [0, 0.05) is 34.1 Å². The molecule has 1 aliphatic carbocycles. The fourth-order valence-electron chi connectivity index (χ4n) is 2.61. The topological polar surface area (TPSA) is 96.3 Å². The minimum atomic E-state index is -0.420. The number of nitrogens with one attached hydrogen (secondary N) is 3. The van der Waals surface area contributed by atoms with Crippen LogP contribution in [0.4, 0.5) is 16.2 Å². The number of urea groups is 1. The van der Waals surface area contributed by atoms with E-state index < -0.39 is 5.91 Å². The molecule has 0 atom stereocenters. The molecule has 1 aliphatic rings. The Kier molecular flexibility index (Phi) is 4.99. The van der Waals surface area contributed by atoms with Gasteiger partial charge in [0.1, 0.15) is 0 Å². The van der Waals surface area contributed by atoms with Crippen molar-refractivity contribution in [2.45, 2.75) is 18.9 Å². The molecule has 0 bridgehead atoms. The van der Waals surface area contributed by atoms with Crippen LogP contribution in [0.3, 0.4) is 0 Å². The molecule has 1 aromatic heterocycles. The van der Waals surface area contributed by atoms with Gasteiger partial charge in [-0.25, -0.2) is 4.79 Å². The highest BCUT2D eigenvalue weighted by Gasteiger charge is 2.23. The van der Waals surface area contributed by atoms with Gasteiger partial charge in [0.25, 0.3) is 5.91 Å². The molecule has 3 aromatic rings. The van der Waals surface area contributed by atoms with E-state index in [1.165, 1.54) is 0 Å². The Hall–Kier alpha value is -3.32. The average molecular weight is 397 g/mol. The molecule has 8 heteroatoms. The molecule has 0 radical (unpaired) electrons. The zero-order chi connectivity index (χ0) is 19.5. The summed E-state index contributed by atoms with van der Waals surface area (Å²) >= 11 is 5.98.